The molecular formula is C9H10N4O3S. The second-order valence-electron chi connectivity index (χ2n) is 3.16. The summed E-state index contributed by atoms with van der Waals surface area (Å²) in [6, 6.07) is 2.85. The van der Waals surface area contributed by atoms with Gasteiger partial charge in [-0.2, -0.15) is 8.42 Å². The molecule has 0 radical (unpaired) electrons. The molecule has 0 unspecified atom stereocenters. The maximum atomic E-state index is 11.8. The van der Waals surface area contributed by atoms with Crippen molar-refractivity contribution in [1.29, 1.82) is 0 Å². The quantitative estimate of drug-likeness (QED) is 0.813. The second kappa shape index (κ2) is 4.52. The Morgan fingerprint density at radius 1 is 1.29 bits per heavy atom. The number of anilines is 1. The summed E-state index contributed by atoms with van der Waals surface area (Å²) >= 11 is 0. The lowest BCUT2D eigenvalue weighted by atomic mass is 10.5. The van der Waals surface area contributed by atoms with Crippen LogP contribution in [0.15, 0.2) is 40.4 Å². The number of nitrogens with zero attached hydrogens (tertiary/aromatic N) is 2. The normalized spacial score (nSPS) is 11.4. The van der Waals surface area contributed by atoms with Gasteiger partial charge in [-0.1, -0.05) is 0 Å². The van der Waals surface area contributed by atoms with Gasteiger partial charge in [0.1, 0.15) is 12.1 Å². The van der Waals surface area contributed by atoms with Crippen LogP contribution in [0, 0.1) is 0 Å². The molecular weight excluding hydrogens is 244 g/mol. The van der Waals surface area contributed by atoms with Crippen molar-refractivity contribution in [2.75, 3.05) is 4.72 Å². The maximum Gasteiger partial charge on any atom is 0.295 e. The number of sulfonamides is 1. The third-order valence-corrected chi connectivity index (χ3v) is 3.17. The van der Waals surface area contributed by atoms with Gasteiger partial charge in [-0.25, -0.2) is 9.97 Å². The van der Waals surface area contributed by atoms with Crippen molar-refractivity contribution in [3.8, 4) is 0 Å². The smallest absolute Gasteiger partial charge is 0.295 e. The number of aromatic nitrogens is 2. The number of nitrogens with one attached hydrogen (secondary N) is 1. The van der Waals surface area contributed by atoms with E-state index in [1.54, 1.807) is 0 Å². The van der Waals surface area contributed by atoms with Crippen LogP contribution in [-0.4, -0.2) is 18.4 Å². The van der Waals surface area contributed by atoms with E-state index >= 15 is 0 Å². The molecule has 0 fully saturated rings. The molecule has 0 aliphatic rings. The van der Waals surface area contributed by atoms with E-state index in [0.717, 1.165) is 0 Å². The highest BCUT2D eigenvalue weighted by atomic mass is 32.2. The molecule has 7 nitrogen and oxygen atoms in total. The van der Waals surface area contributed by atoms with Gasteiger partial charge in [0, 0.05) is 0 Å². The van der Waals surface area contributed by atoms with Gasteiger partial charge in [-0.15, -0.1) is 0 Å². The Balaban J connectivity index is 2.25. The number of furan rings is 1. The van der Waals surface area contributed by atoms with E-state index in [9.17, 15) is 8.42 Å². The van der Waals surface area contributed by atoms with Crippen molar-refractivity contribution >= 4 is 15.7 Å². The highest BCUT2D eigenvalue weighted by Gasteiger charge is 2.18. The molecule has 0 saturated carbocycles. The van der Waals surface area contributed by atoms with Gasteiger partial charge in [0.15, 0.2) is 0 Å². The molecule has 8 heteroatoms. The Labute approximate surface area is 97.7 Å². The fraction of sp³-hybridized carbons (Fsp3) is 0.111. The number of rotatable bonds is 4. The summed E-state index contributed by atoms with van der Waals surface area (Å²) in [5.74, 6) is 0.398. The summed E-state index contributed by atoms with van der Waals surface area (Å²) in [6.45, 7) is 0.143. The average molecular weight is 254 g/mol. The molecule has 0 saturated heterocycles. The summed E-state index contributed by atoms with van der Waals surface area (Å²) in [6.07, 6.45) is 3.99. The largest absolute Gasteiger partial charge is 0.446 e. The minimum atomic E-state index is -3.75. The first-order valence-corrected chi connectivity index (χ1v) is 6.17. The second-order valence-corrected chi connectivity index (χ2v) is 4.77. The molecule has 0 aromatic carbocycles. The molecule has 0 atom stereocenters. The minimum absolute atomic E-state index is 0.143. The van der Waals surface area contributed by atoms with Gasteiger partial charge in [0.05, 0.1) is 24.6 Å². The zero-order valence-electron chi connectivity index (χ0n) is 8.70. The Kier molecular flexibility index (Phi) is 3.07. The van der Waals surface area contributed by atoms with Crippen molar-refractivity contribution in [3.05, 3.63) is 36.6 Å². The van der Waals surface area contributed by atoms with Gasteiger partial charge in [0.2, 0.25) is 5.09 Å². The van der Waals surface area contributed by atoms with Crippen molar-refractivity contribution in [1.82, 2.24) is 9.97 Å². The molecule has 90 valence electrons. The SMILES string of the molecule is NCc1ccc(S(=O)(=O)Nc2cncnc2)o1. The first kappa shape index (κ1) is 11.6. The lowest BCUT2D eigenvalue weighted by Gasteiger charge is -2.03. The molecule has 2 heterocycles. The van der Waals surface area contributed by atoms with Crippen molar-refractivity contribution in [3.63, 3.8) is 0 Å². The molecule has 0 spiro atoms. The summed E-state index contributed by atoms with van der Waals surface area (Å²) in [5, 5.41) is -0.193. The van der Waals surface area contributed by atoms with Crippen molar-refractivity contribution in [2.24, 2.45) is 5.73 Å². The summed E-state index contributed by atoms with van der Waals surface area (Å²) in [4.78, 5) is 7.39. The Hall–Kier alpha value is -1.93. The van der Waals surface area contributed by atoms with Gasteiger partial charge in [-0.3, -0.25) is 4.72 Å². The van der Waals surface area contributed by atoms with E-state index in [2.05, 4.69) is 14.7 Å². The van der Waals surface area contributed by atoms with Crippen LogP contribution in [0.3, 0.4) is 0 Å². The van der Waals surface area contributed by atoms with Crippen LogP contribution in [0.1, 0.15) is 5.76 Å². The standard InChI is InChI=1S/C9H10N4O3S/c10-3-8-1-2-9(16-8)17(14,15)13-7-4-11-6-12-5-7/h1-2,4-6,13H,3,10H2. The van der Waals surface area contributed by atoms with Crippen LogP contribution in [0.5, 0.6) is 0 Å². The molecule has 17 heavy (non-hydrogen) atoms. The molecule has 3 N–H and O–H groups in total. The van der Waals surface area contributed by atoms with E-state index < -0.39 is 10.0 Å². The minimum Gasteiger partial charge on any atom is -0.446 e. The predicted octanol–water partition coefficient (Wildman–Crippen LogP) is 0.329. The van der Waals surface area contributed by atoms with Gasteiger partial charge in [0.25, 0.3) is 10.0 Å². The first-order chi connectivity index (χ1) is 8.12. The first-order valence-electron chi connectivity index (χ1n) is 4.68. The summed E-state index contributed by atoms with van der Waals surface area (Å²) < 4.78 is 31.0. The maximum absolute atomic E-state index is 11.8. The molecule has 0 amide bonds. The number of nitrogens with two attached hydrogens (primary N) is 1. The van der Waals surface area contributed by atoms with Gasteiger partial charge in [-0.05, 0) is 12.1 Å². The van der Waals surface area contributed by atoms with E-state index in [1.807, 2.05) is 0 Å². The molecule has 0 aliphatic carbocycles. The highest BCUT2D eigenvalue weighted by Crippen LogP contribution is 2.16. The van der Waals surface area contributed by atoms with E-state index in [0.29, 0.717) is 5.76 Å². The predicted molar refractivity (Wildman–Crippen MR) is 59.4 cm³/mol. The summed E-state index contributed by atoms with van der Waals surface area (Å²) in [5.41, 5.74) is 5.59. The Morgan fingerprint density at radius 3 is 2.59 bits per heavy atom. The van der Waals surface area contributed by atoms with Crippen molar-refractivity contribution < 1.29 is 12.8 Å². The van der Waals surface area contributed by atoms with E-state index in [-0.39, 0.29) is 17.3 Å². The lowest BCUT2D eigenvalue weighted by molar-refractivity contribution is 0.417. The lowest BCUT2D eigenvalue weighted by Crippen LogP contribution is -2.12. The zero-order chi connectivity index (χ0) is 12.3. The van der Waals surface area contributed by atoms with Crippen LogP contribution >= 0.6 is 0 Å². The fourth-order valence-corrected chi connectivity index (χ4v) is 2.15. The highest BCUT2D eigenvalue weighted by molar-refractivity contribution is 7.92. The van der Waals surface area contributed by atoms with E-state index in [4.69, 9.17) is 10.2 Å². The van der Waals surface area contributed by atoms with E-state index in [1.165, 1.54) is 30.9 Å². The van der Waals surface area contributed by atoms with Crippen LogP contribution < -0.4 is 10.5 Å². The number of hydrogen-bond donors (Lipinski definition) is 2. The molecule has 2 aromatic heterocycles. The molecule has 2 rings (SSSR count). The number of hydrogen-bond acceptors (Lipinski definition) is 6. The van der Waals surface area contributed by atoms with Crippen molar-refractivity contribution in [2.45, 2.75) is 11.6 Å². The molecule has 0 bridgehead atoms. The summed E-state index contributed by atoms with van der Waals surface area (Å²) in [7, 11) is -3.75. The molecule has 0 aliphatic heterocycles. The monoisotopic (exact) mass is 254 g/mol. The van der Waals surface area contributed by atoms with Crippen LogP contribution in [0.25, 0.3) is 0 Å². The molecule has 2 aromatic rings. The average Bonchev–Trinajstić information content (AvgIpc) is 2.79. The fourth-order valence-electron chi connectivity index (χ4n) is 1.17. The van der Waals surface area contributed by atoms with Crippen LogP contribution in [-0.2, 0) is 16.6 Å². The van der Waals surface area contributed by atoms with Gasteiger partial charge >= 0.3 is 0 Å². The Morgan fingerprint density at radius 2 is 2.00 bits per heavy atom. The third kappa shape index (κ3) is 2.60. The van der Waals surface area contributed by atoms with Crippen LogP contribution in [0.4, 0.5) is 5.69 Å². The van der Waals surface area contributed by atoms with Gasteiger partial charge < -0.3 is 10.2 Å². The topological polar surface area (TPSA) is 111 Å². The third-order valence-electron chi connectivity index (χ3n) is 1.92. The Bertz CT molecular complexity index is 594. The van der Waals surface area contributed by atoms with Crippen LogP contribution in [0.2, 0.25) is 0 Å². The zero-order valence-corrected chi connectivity index (χ0v) is 9.52.